The van der Waals surface area contributed by atoms with Crippen LogP contribution in [0.15, 0.2) is 24.3 Å². The zero-order valence-corrected chi connectivity index (χ0v) is 11.7. The fraction of sp³-hybridized carbons (Fsp3) is 0.562. The predicted molar refractivity (Wildman–Crippen MR) is 78.4 cm³/mol. The van der Waals surface area contributed by atoms with Gasteiger partial charge in [0.2, 0.25) is 0 Å². The second-order valence-electron chi connectivity index (χ2n) is 5.20. The first-order valence-electron chi connectivity index (χ1n) is 7.40. The fourth-order valence-corrected chi connectivity index (χ4v) is 2.68. The van der Waals surface area contributed by atoms with E-state index >= 15 is 0 Å². The third-order valence-electron chi connectivity index (χ3n) is 3.83. The highest BCUT2D eigenvalue weighted by Gasteiger charge is 2.13. The summed E-state index contributed by atoms with van der Waals surface area (Å²) in [6, 6.07) is 8.43. The summed E-state index contributed by atoms with van der Waals surface area (Å²) < 4.78 is 0. The lowest BCUT2D eigenvalue weighted by molar-refractivity contribution is 0.0950. The van der Waals surface area contributed by atoms with Crippen molar-refractivity contribution in [2.45, 2.75) is 45.1 Å². The highest BCUT2D eigenvalue weighted by Crippen LogP contribution is 2.11. The lowest BCUT2D eigenvalue weighted by Gasteiger charge is -2.23. The van der Waals surface area contributed by atoms with E-state index in [1.165, 1.54) is 19.3 Å². The molecule has 2 N–H and O–H groups in total. The van der Waals surface area contributed by atoms with Gasteiger partial charge in [0.15, 0.2) is 0 Å². The van der Waals surface area contributed by atoms with Crippen molar-refractivity contribution in [1.29, 1.82) is 0 Å². The van der Waals surface area contributed by atoms with Gasteiger partial charge in [0.25, 0.3) is 5.91 Å². The van der Waals surface area contributed by atoms with Crippen LogP contribution in [0.3, 0.4) is 0 Å². The van der Waals surface area contributed by atoms with E-state index in [1.54, 1.807) is 0 Å². The molecule has 0 bridgehead atoms. The van der Waals surface area contributed by atoms with Crippen LogP contribution in [0.4, 0.5) is 0 Å². The number of hydrogen-bond donors (Lipinski definition) is 2. The van der Waals surface area contributed by atoms with Crippen LogP contribution in [-0.2, 0) is 6.42 Å². The van der Waals surface area contributed by atoms with Gasteiger partial charge in [-0.05, 0) is 43.9 Å². The standard InChI is InChI=1S/C16H24N2O/c1-2-13-7-3-4-9-15(13)16(19)18-12-10-14-8-5-6-11-17-14/h3-4,7,9,14,17H,2,5-6,8,10-12H2,1H3,(H,18,19). The second-order valence-corrected chi connectivity index (χ2v) is 5.20. The molecule has 1 amide bonds. The van der Waals surface area contributed by atoms with Gasteiger partial charge in [0.1, 0.15) is 0 Å². The predicted octanol–water partition coefficient (Wildman–Crippen LogP) is 2.51. The molecule has 1 saturated heterocycles. The van der Waals surface area contributed by atoms with E-state index < -0.39 is 0 Å². The van der Waals surface area contributed by atoms with Crippen LogP contribution in [0, 0.1) is 0 Å². The van der Waals surface area contributed by atoms with Crippen LogP contribution >= 0.6 is 0 Å². The number of rotatable bonds is 5. The third-order valence-corrected chi connectivity index (χ3v) is 3.83. The minimum Gasteiger partial charge on any atom is -0.352 e. The molecule has 0 spiro atoms. The summed E-state index contributed by atoms with van der Waals surface area (Å²) >= 11 is 0. The Morgan fingerprint density at radius 1 is 1.37 bits per heavy atom. The maximum atomic E-state index is 12.1. The molecule has 19 heavy (non-hydrogen) atoms. The summed E-state index contributed by atoms with van der Waals surface area (Å²) in [7, 11) is 0. The summed E-state index contributed by atoms with van der Waals surface area (Å²) in [5.41, 5.74) is 1.94. The smallest absolute Gasteiger partial charge is 0.251 e. The number of aryl methyl sites for hydroxylation is 1. The minimum absolute atomic E-state index is 0.0632. The Morgan fingerprint density at radius 3 is 2.95 bits per heavy atom. The normalized spacial score (nSPS) is 19.1. The summed E-state index contributed by atoms with van der Waals surface area (Å²) in [6.07, 6.45) is 5.76. The zero-order chi connectivity index (χ0) is 13.5. The van der Waals surface area contributed by atoms with Crippen molar-refractivity contribution in [3.05, 3.63) is 35.4 Å². The first-order chi connectivity index (χ1) is 9.31. The molecule has 3 nitrogen and oxygen atoms in total. The van der Waals surface area contributed by atoms with Gasteiger partial charge in [-0.2, -0.15) is 0 Å². The Morgan fingerprint density at radius 2 is 2.21 bits per heavy atom. The highest BCUT2D eigenvalue weighted by atomic mass is 16.1. The first kappa shape index (κ1) is 14.1. The molecule has 1 unspecified atom stereocenters. The number of carbonyl (C=O) groups is 1. The quantitative estimate of drug-likeness (QED) is 0.854. The summed E-state index contributed by atoms with van der Waals surface area (Å²) in [6.45, 7) is 3.96. The average Bonchev–Trinajstić information content (AvgIpc) is 2.48. The molecule has 2 rings (SSSR count). The summed E-state index contributed by atoms with van der Waals surface area (Å²) in [5.74, 6) is 0.0632. The number of piperidine rings is 1. The van der Waals surface area contributed by atoms with E-state index in [2.05, 4.69) is 17.6 Å². The third kappa shape index (κ3) is 4.06. The van der Waals surface area contributed by atoms with E-state index in [1.807, 2.05) is 24.3 Å². The van der Waals surface area contributed by atoms with Gasteiger partial charge < -0.3 is 10.6 Å². The van der Waals surface area contributed by atoms with Crippen molar-refractivity contribution >= 4 is 5.91 Å². The molecule has 1 aliphatic rings. The number of carbonyl (C=O) groups excluding carboxylic acids is 1. The van der Waals surface area contributed by atoms with Crippen LogP contribution in [-0.4, -0.2) is 25.0 Å². The van der Waals surface area contributed by atoms with Crippen molar-refractivity contribution in [3.8, 4) is 0 Å². The van der Waals surface area contributed by atoms with E-state index in [-0.39, 0.29) is 5.91 Å². The Balaban J connectivity index is 1.80. The van der Waals surface area contributed by atoms with E-state index in [9.17, 15) is 4.79 Å². The molecule has 1 atom stereocenters. The molecule has 0 saturated carbocycles. The first-order valence-corrected chi connectivity index (χ1v) is 7.40. The fourth-order valence-electron chi connectivity index (χ4n) is 2.68. The van der Waals surface area contributed by atoms with Crippen LogP contribution in [0.25, 0.3) is 0 Å². The second kappa shape index (κ2) is 7.29. The summed E-state index contributed by atoms with van der Waals surface area (Å²) in [4.78, 5) is 12.1. The molecule has 0 aromatic heterocycles. The van der Waals surface area contributed by atoms with Gasteiger partial charge in [-0.3, -0.25) is 4.79 Å². The number of nitrogens with one attached hydrogen (secondary N) is 2. The lowest BCUT2D eigenvalue weighted by Crippen LogP contribution is -2.37. The Kier molecular flexibility index (Phi) is 5.40. The van der Waals surface area contributed by atoms with Crippen molar-refractivity contribution in [2.24, 2.45) is 0 Å². The number of amides is 1. The monoisotopic (exact) mass is 260 g/mol. The highest BCUT2D eigenvalue weighted by molar-refractivity contribution is 5.95. The molecule has 3 heteroatoms. The van der Waals surface area contributed by atoms with Gasteiger partial charge in [-0.25, -0.2) is 0 Å². The Bertz CT molecular complexity index is 411. The SMILES string of the molecule is CCc1ccccc1C(=O)NCCC1CCCCN1. The van der Waals surface area contributed by atoms with Crippen molar-refractivity contribution in [3.63, 3.8) is 0 Å². The van der Waals surface area contributed by atoms with Crippen LogP contribution in [0.2, 0.25) is 0 Å². The van der Waals surface area contributed by atoms with Gasteiger partial charge in [0, 0.05) is 18.2 Å². The van der Waals surface area contributed by atoms with Crippen molar-refractivity contribution < 1.29 is 4.79 Å². The van der Waals surface area contributed by atoms with Gasteiger partial charge in [0.05, 0.1) is 0 Å². The van der Waals surface area contributed by atoms with Gasteiger partial charge >= 0.3 is 0 Å². The lowest BCUT2D eigenvalue weighted by atomic mass is 10.0. The molecule has 104 valence electrons. The van der Waals surface area contributed by atoms with E-state index in [4.69, 9.17) is 0 Å². The molecule has 1 aromatic carbocycles. The van der Waals surface area contributed by atoms with E-state index in [0.717, 1.165) is 37.1 Å². The molecule has 1 fully saturated rings. The Labute approximate surface area is 115 Å². The number of benzene rings is 1. The molecular weight excluding hydrogens is 236 g/mol. The molecule has 0 aliphatic carbocycles. The largest absolute Gasteiger partial charge is 0.352 e. The average molecular weight is 260 g/mol. The number of hydrogen-bond acceptors (Lipinski definition) is 2. The maximum Gasteiger partial charge on any atom is 0.251 e. The van der Waals surface area contributed by atoms with Gasteiger partial charge in [-0.15, -0.1) is 0 Å². The molecule has 1 aliphatic heterocycles. The molecular formula is C16H24N2O. The van der Waals surface area contributed by atoms with Crippen LogP contribution < -0.4 is 10.6 Å². The molecule has 1 aromatic rings. The Hall–Kier alpha value is -1.35. The van der Waals surface area contributed by atoms with Gasteiger partial charge in [-0.1, -0.05) is 31.5 Å². The summed E-state index contributed by atoms with van der Waals surface area (Å²) in [5, 5.41) is 6.55. The van der Waals surface area contributed by atoms with Crippen molar-refractivity contribution in [2.75, 3.05) is 13.1 Å². The maximum absolute atomic E-state index is 12.1. The van der Waals surface area contributed by atoms with Crippen LogP contribution in [0.5, 0.6) is 0 Å². The molecule has 1 heterocycles. The minimum atomic E-state index is 0.0632. The van der Waals surface area contributed by atoms with Crippen molar-refractivity contribution in [1.82, 2.24) is 10.6 Å². The van der Waals surface area contributed by atoms with Crippen LogP contribution in [0.1, 0.15) is 48.5 Å². The molecule has 0 radical (unpaired) electrons. The topological polar surface area (TPSA) is 41.1 Å². The zero-order valence-electron chi connectivity index (χ0n) is 11.7. The van der Waals surface area contributed by atoms with E-state index in [0.29, 0.717) is 6.04 Å².